The van der Waals surface area contributed by atoms with Gasteiger partial charge in [-0.1, -0.05) is 5.16 Å². The van der Waals surface area contributed by atoms with Crippen LogP contribution in [-0.4, -0.2) is 27.6 Å². The summed E-state index contributed by atoms with van der Waals surface area (Å²) < 4.78 is 21.8. The Balaban J connectivity index is 2.08. The van der Waals surface area contributed by atoms with Crippen LogP contribution in [0, 0.1) is 0 Å². The van der Waals surface area contributed by atoms with E-state index in [9.17, 15) is 9.00 Å². The number of aromatic nitrogens is 1. The fraction of sp³-hybridized carbons (Fsp3) is 0.167. The van der Waals surface area contributed by atoms with E-state index in [1.807, 2.05) is 0 Å². The van der Waals surface area contributed by atoms with Crippen LogP contribution in [0.4, 0.5) is 0 Å². The number of hydrogen-bond donors (Lipinski definition) is 1. The summed E-state index contributed by atoms with van der Waals surface area (Å²) in [7, 11) is 0.223. The lowest BCUT2D eigenvalue weighted by molar-refractivity contribution is 0.0685. The second-order valence-electron chi connectivity index (χ2n) is 3.65. The molecule has 0 radical (unpaired) electrons. The standard InChI is InChI=1S/C12H11NO5S/c1-17-8-2-4-10(5-3-8)19(16)7-9-6-11(12(14)15)13-18-9/h2-6H,7H2,1H3,(H,14,15). The molecule has 100 valence electrons. The third-order valence-corrected chi connectivity index (χ3v) is 3.72. The molecule has 0 aliphatic carbocycles. The van der Waals surface area contributed by atoms with E-state index in [1.165, 1.54) is 6.07 Å². The highest BCUT2D eigenvalue weighted by Gasteiger charge is 2.13. The van der Waals surface area contributed by atoms with Crippen LogP contribution in [0.25, 0.3) is 0 Å². The number of ether oxygens (including phenoxy) is 1. The first-order valence-corrected chi connectivity index (χ1v) is 6.63. The Bertz CT molecular complexity index is 605. The molecule has 1 unspecified atom stereocenters. The van der Waals surface area contributed by atoms with Crippen molar-refractivity contribution in [2.24, 2.45) is 0 Å². The van der Waals surface area contributed by atoms with Crippen LogP contribution in [0.5, 0.6) is 5.75 Å². The lowest BCUT2D eigenvalue weighted by Crippen LogP contribution is -1.96. The normalized spacial score (nSPS) is 12.1. The molecular weight excluding hydrogens is 270 g/mol. The Morgan fingerprint density at radius 2 is 2.11 bits per heavy atom. The van der Waals surface area contributed by atoms with Gasteiger partial charge in [-0.05, 0) is 24.3 Å². The van der Waals surface area contributed by atoms with E-state index in [0.29, 0.717) is 10.6 Å². The zero-order valence-corrected chi connectivity index (χ0v) is 10.8. The van der Waals surface area contributed by atoms with Gasteiger partial charge in [0.25, 0.3) is 0 Å². The van der Waals surface area contributed by atoms with Crippen LogP contribution in [0.2, 0.25) is 0 Å². The lowest BCUT2D eigenvalue weighted by Gasteiger charge is -2.02. The lowest BCUT2D eigenvalue weighted by atomic mass is 10.3. The van der Waals surface area contributed by atoms with Crippen molar-refractivity contribution in [3.05, 3.63) is 41.8 Å². The van der Waals surface area contributed by atoms with Gasteiger partial charge < -0.3 is 14.4 Å². The van der Waals surface area contributed by atoms with Crippen molar-refractivity contribution in [2.75, 3.05) is 7.11 Å². The van der Waals surface area contributed by atoms with Crippen molar-refractivity contribution in [1.82, 2.24) is 5.16 Å². The molecule has 6 nitrogen and oxygen atoms in total. The molecule has 0 spiro atoms. The molecule has 0 bridgehead atoms. The molecule has 19 heavy (non-hydrogen) atoms. The first-order chi connectivity index (χ1) is 9.10. The number of aromatic carboxylic acids is 1. The first kappa shape index (κ1) is 13.3. The number of rotatable bonds is 5. The van der Waals surface area contributed by atoms with E-state index in [0.717, 1.165) is 0 Å². The number of hydrogen-bond acceptors (Lipinski definition) is 5. The summed E-state index contributed by atoms with van der Waals surface area (Å²) >= 11 is 0. The highest BCUT2D eigenvalue weighted by Crippen LogP contribution is 2.17. The highest BCUT2D eigenvalue weighted by molar-refractivity contribution is 7.84. The number of carboxylic acids is 1. The highest BCUT2D eigenvalue weighted by atomic mass is 32.2. The maximum absolute atomic E-state index is 12.0. The summed E-state index contributed by atoms with van der Waals surface area (Å²) in [6.45, 7) is 0. The predicted octanol–water partition coefficient (Wildman–Crippen LogP) is 1.69. The third-order valence-electron chi connectivity index (χ3n) is 2.37. The summed E-state index contributed by atoms with van der Waals surface area (Å²) in [5.74, 6) is -0.155. The van der Waals surface area contributed by atoms with Crippen LogP contribution in [-0.2, 0) is 16.6 Å². The topological polar surface area (TPSA) is 89.6 Å². The van der Waals surface area contributed by atoms with E-state index in [4.69, 9.17) is 14.4 Å². The number of nitrogens with zero attached hydrogens (tertiary/aromatic N) is 1. The molecule has 1 N–H and O–H groups in total. The van der Waals surface area contributed by atoms with E-state index in [2.05, 4.69) is 5.16 Å². The molecule has 0 saturated heterocycles. The van der Waals surface area contributed by atoms with Crippen molar-refractivity contribution in [2.45, 2.75) is 10.6 Å². The van der Waals surface area contributed by atoms with Gasteiger partial charge in [0.15, 0.2) is 5.69 Å². The van der Waals surface area contributed by atoms with Gasteiger partial charge in [0.05, 0.1) is 23.7 Å². The molecule has 1 heterocycles. The minimum atomic E-state index is -1.33. The average molecular weight is 281 g/mol. The zero-order valence-electron chi connectivity index (χ0n) is 10.0. The second-order valence-corrected chi connectivity index (χ2v) is 5.10. The van der Waals surface area contributed by atoms with Gasteiger partial charge in [0.2, 0.25) is 0 Å². The minimum absolute atomic E-state index is 0.0760. The van der Waals surface area contributed by atoms with E-state index >= 15 is 0 Å². The summed E-state index contributed by atoms with van der Waals surface area (Å²) in [6, 6.07) is 8.04. The van der Waals surface area contributed by atoms with Crippen LogP contribution < -0.4 is 4.74 Å². The van der Waals surface area contributed by atoms with Crippen molar-refractivity contribution in [3.8, 4) is 5.75 Å². The molecule has 0 amide bonds. The van der Waals surface area contributed by atoms with E-state index < -0.39 is 16.8 Å². The smallest absolute Gasteiger partial charge is 0.358 e. The van der Waals surface area contributed by atoms with E-state index in [-0.39, 0.29) is 17.2 Å². The fourth-order valence-electron chi connectivity index (χ4n) is 1.42. The summed E-state index contributed by atoms with van der Waals surface area (Å²) in [5.41, 5.74) is -0.193. The third kappa shape index (κ3) is 3.19. The molecule has 2 aromatic rings. The molecule has 2 rings (SSSR count). The molecule has 1 atom stereocenters. The summed E-state index contributed by atoms with van der Waals surface area (Å²) in [4.78, 5) is 11.2. The SMILES string of the molecule is COc1ccc(S(=O)Cc2cc(C(=O)O)no2)cc1. The maximum atomic E-state index is 12.0. The maximum Gasteiger partial charge on any atom is 0.358 e. The largest absolute Gasteiger partial charge is 0.497 e. The average Bonchev–Trinajstić information content (AvgIpc) is 2.87. The van der Waals surface area contributed by atoms with Crippen molar-refractivity contribution < 1.29 is 23.4 Å². The van der Waals surface area contributed by atoms with Crippen molar-refractivity contribution in [1.29, 1.82) is 0 Å². The quantitative estimate of drug-likeness (QED) is 0.897. The molecule has 1 aromatic heterocycles. The number of carbonyl (C=O) groups is 1. The summed E-state index contributed by atoms with van der Waals surface area (Å²) in [5, 5.41) is 12.1. The Hall–Kier alpha value is -2.15. The Labute approximate surface area is 111 Å². The van der Waals surface area contributed by atoms with Gasteiger partial charge in [-0.25, -0.2) is 4.79 Å². The Morgan fingerprint density at radius 3 is 2.63 bits per heavy atom. The van der Waals surface area contributed by atoms with Crippen LogP contribution in [0.15, 0.2) is 39.8 Å². The molecule has 7 heteroatoms. The molecular formula is C12H11NO5S. The monoisotopic (exact) mass is 281 g/mol. The van der Waals surface area contributed by atoms with Crippen molar-refractivity contribution in [3.63, 3.8) is 0 Å². The first-order valence-electron chi connectivity index (χ1n) is 5.31. The zero-order chi connectivity index (χ0) is 13.8. The van der Waals surface area contributed by atoms with Crippen LogP contribution >= 0.6 is 0 Å². The van der Waals surface area contributed by atoms with Crippen LogP contribution in [0.1, 0.15) is 16.2 Å². The minimum Gasteiger partial charge on any atom is -0.497 e. The number of benzene rings is 1. The molecule has 0 aliphatic heterocycles. The molecule has 0 fully saturated rings. The number of methoxy groups -OCH3 is 1. The second kappa shape index (κ2) is 5.66. The van der Waals surface area contributed by atoms with Gasteiger partial charge in [0.1, 0.15) is 11.5 Å². The fourth-order valence-corrected chi connectivity index (χ4v) is 2.42. The molecule has 1 aromatic carbocycles. The van der Waals surface area contributed by atoms with Gasteiger partial charge in [-0.2, -0.15) is 0 Å². The Morgan fingerprint density at radius 1 is 1.42 bits per heavy atom. The molecule has 0 saturated carbocycles. The summed E-state index contributed by atoms with van der Waals surface area (Å²) in [6.07, 6.45) is 0. The van der Waals surface area contributed by atoms with Gasteiger partial charge in [-0.15, -0.1) is 0 Å². The Kier molecular flexibility index (Phi) is 3.96. The van der Waals surface area contributed by atoms with Crippen LogP contribution in [0.3, 0.4) is 0 Å². The van der Waals surface area contributed by atoms with Gasteiger partial charge >= 0.3 is 5.97 Å². The molecule has 0 aliphatic rings. The van der Waals surface area contributed by atoms with E-state index in [1.54, 1.807) is 31.4 Å². The predicted molar refractivity (Wildman–Crippen MR) is 66.6 cm³/mol. The van der Waals surface area contributed by atoms with Gasteiger partial charge in [-0.3, -0.25) is 4.21 Å². The van der Waals surface area contributed by atoms with Gasteiger partial charge in [0, 0.05) is 11.0 Å². The van der Waals surface area contributed by atoms with Crippen molar-refractivity contribution >= 4 is 16.8 Å². The number of carboxylic acid groups (broad SMARTS) is 1.